The molecule has 3 N–H and O–H groups in total. The number of hydrogen-bond donors (Lipinski definition) is 2. The number of aromatic nitrogens is 2. The van der Waals surface area contributed by atoms with Crippen molar-refractivity contribution in [2.75, 3.05) is 6.54 Å². The summed E-state index contributed by atoms with van der Waals surface area (Å²) < 4.78 is 2.00. The number of rotatable bonds is 3. The van der Waals surface area contributed by atoms with E-state index in [1.54, 1.807) is 0 Å². The molecule has 1 heterocycles. The number of hydrogen-bond acceptors (Lipinski definition) is 3. The molecule has 0 saturated heterocycles. The van der Waals surface area contributed by atoms with Crippen LogP contribution >= 0.6 is 0 Å². The van der Waals surface area contributed by atoms with Gasteiger partial charge in [0.2, 0.25) is 5.91 Å². The topological polar surface area (TPSA) is 72.9 Å². The molecule has 0 spiro atoms. The van der Waals surface area contributed by atoms with Crippen LogP contribution < -0.4 is 11.1 Å². The fourth-order valence-electron chi connectivity index (χ4n) is 3.33. The van der Waals surface area contributed by atoms with Crippen molar-refractivity contribution in [3.63, 3.8) is 0 Å². The Morgan fingerprint density at radius 3 is 2.74 bits per heavy atom. The summed E-state index contributed by atoms with van der Waals surface area (Å²) in [6.07, 6.45) is 3.71. The SMILES string of the molecule is Cc1ccc(-n2ncc3c2CC(C)(C)C[C@@H]3NC(=O)CN)cc1. The molecule has 0 radical (unpaired) electrons. The maximum absolute atomic E-state index is 11.8. The van der Waals surface area contributed by atoms with Gasteiger partial charge < -0.3 is 11.1 Å². The van der Waals surface area contributed by atoms with Crippen molar-refractivity contribution in [1.82, 2.24) is 15.1 Å². The molecule has 0 unspecified atom stereocenters. The summed E-state index contributed by atoms with van der Waals surface area (Å²) in [5, 5.41) is 7.62. The van der Waals surface area contributed by atoms with E-state index in [9.17, 15) is 4.79 Å². The molecular weight excluding hydrogens is 288 g/mol. The van der Waals surface area contributed by atoms with Gasteiger partial charge in [0.25, 0.3) is 0 Å². The highest BCUT2D eigenvalue weighted by Crippen LogP contribution is 2.41. The third kappa shape index (κ3) is 3.15. The number of nitrogens with one attached hydrogen (secondary N) is 1. The zero-order valence-electron chi connectivity index (χ0n) is 14.0. The van der Waals surface area contributed by atoms with Crippen LogP contribution in [0.2, 0.25) is 0 Å². The van der Waals surface area contributed by atoms with Gasteiger partial charge in [-0.25, -0.2) is 4.68 Å². The first kappa shape index (κ1) is 15.7. The molecule has 23 heavy (non-hydrogen) atoms. The molecule has 0 aliphatic heterocycles. The Morgan fingerprint density at radius 1 is 1.39 bits per heavy atom. The van der Waals surface area contributed by atoms with Crippen LogP contribution in [-0.4, -0.2) is 22.2 Å². The van der Waals surface area contributed by atoms with E-state index in [-0.39, 0.29) is 23.9 Å². The van der Waals surface area contributed by atoms with Gasteiger partial charge in [-0.2, -0.15) is 5.10 Å². The molecule has 0 bridgehead atoms. The van der Waals surface area contributed by atoms with E-state index in [1.807, 2.05) is 10.9 Å². The Balaban J connectivity index is 2.01. The average molecular weight is 312 g/mol. The normalized spacial score (nSPS) is 19.2. The second-order valence-electron chi connectivity index (χ2n) is 7.16. The van der Waals surface area contributed by atoms with Crippen LogP contribution in [0.5, 0.6) is 0 Å². The number of nitrogens with zero attached hydrogens (tertiary/aromatic N) is 2. The summed E-state index contributed by atoms with van der Waals surface area (Å²) in [5.41, 5.74) is 10.1. The van der Waals surface area contributed by atoms with Gasteiger partial charge in [-0.05, 0) is 37.3 Å². The van der Waals surface area contributed by atoms with Gasteiger partial charge in [-0.3, -0.25) is 4.79 Å². The van der Waals surface area contributed by atoms with Crippen molar-refractivity contribution in [1.29, 1.82) is 0 Å². The molecule has 3 rings (SSSR count). The first-order valence-electron chi connectivity index (χ1n) is 8.03. The van der Waals surface area contributed by atoms with Crippen molar-refractivity contribution >= 4 is 5.91 Å². The van der Waals surface area contributed by atoms with Crippen LogP contribution in [0, 0.1) is 12.3 Å². The zero-order chi connectivity index (χ0) is 16.6. The third-order valence-corrected chi connectivity index (χ3v) is 4.48. The number of aryl methyl sites for hydroxylation is 1. The highest BCUT2D eigenvalue weighted by Gasteiger charge is 2.35. The maximum Gasteiger partial charge on any atom is 0.234 e. The van der Waals surface area contributed by atoms with Crippen molar-refractivity contribution in [3.8, 4) is 5.69 Å². The Kier molecular flexibility index (Phi) is 3.98. The molecule has 5 nitrogen and oxygen atoms in total. The summed E-state index contributed by atoms with van der Waals surface area (Å²) in [7, 11) is 0. The second-order valence-corrected chi connectivity index (χ2v) is 7.16. The van der Waals surface area contributed by atoms with Crippen LogP contribution in [0.4, 0.5) is 0 Å². The quantitative estimate of drug-likeness (QED) is 0.913. The van der Waals surface area contributed by atoms with E-state index in [0.29, 0.717) is 0 Å². The molecule has 1 atom stereocenters. The molecule has 0 fully saturated rings. The number of nitrogens with two attached hydrogens (primary N) is 1. The predicted octanol–water partition coefficient (Wildman–Crippen LogP) is 2.27. The van der Waals surface area contributed by atoms with Crippen molar-refractivity contribution in [2.45, 2.75) is 39.7 Å². The highest BCUT2D eigenvalue weighted by atomic mass is 16.1. The summed E-state index contributed by atoms with van der Waals surface area (Å²) in [6, 6.07) is 8.31. The Morgan fingerprint density at radius 2 is 2.09 bits per heavy atom. The summed E-state index contributed by atoms with van der Waals surface area (Å²) >= 11 is 0. The summed E-state index contributed by atoms with van der Waals surface area (Å²) in [6.45, 7) is 6.54. The van der Waals surface area contributed by atoms with Crippen LogP contribution in [0.25, 0.3) is 5.69 Å². The van der Waals surface area contributed by atoms with E-state index in [1.165, 1.54) is 11.3 Å². The fourth-order valence-corrected chi connectivity index (χ4v) is 3.33. The van der Waals surface area contributed by atoms with Crippen molar-refractivity contribution in [3.05, 3.63) is 47.3 Å². The van der Waals surface area contributed by atoms with Gasteiger partial charge in [0.05, 0.1) is 30.2 Å². The van der Waals surface area contributed by atoms with E-state index >= 15 is 0 Å². The van der Waals surface area contributed by atoms with Gasteiger partial charge in [0.15, 0.2) is 0 Å². The standard InChI is InChI=1S/C18H24N4O/c1-12-4-6-13(7-5-12)22-16-9-18(2,3)8-15(14(16)11-20-22)21-17(23)10-19/h4-7,11,15H,8-10,19H2,1-3H3,(H,21,23)/t15-/m0/s1. The average Bonchev–Trinajstić information content (AvgIpc) is 2.90. The van der Waals surface area contributed by atoms with Crippen LogP contribution in [0.15, 0.2) is 30.5 Å². The van der Waals surface area contributed by atoms with Gasteiger partial charge in [0, 0.05) is 5.56 Å². The molecule has 1 aromatic heterocycles. The largest absolute Gasteiger partial charge is 0.348 e. The number of carbonyl (C=O) groups is 1. The Bertz CT molecular complexity index is 715. The number of benzene rings is 1. The Hall–Kier alpha value is -2.14. The predicted molar refractivity (Wildman–Crippen MR) is 90.3 cm³/mol. The monoisotopic (exact) mass is 312 g/mol. The first-order chi connectivity index (χ1) is 10.9. The number of fused-ring (bicyclic) bond motifs is 1. The minimum absolute atomic E-state index is 0.0123. The van der Waals surface area contributed by atoms with Gasteiger partial charge in [-0.1, -0.05) is 31.5 Å². The lowest BCUT2D eigenvalue weighted by Gasteiger charge is -2.35. The van der Waals surface area contributed by atoms with Gasteiger partial charge >= 0.3 is 0 Å². The smallest absolute Gasteiger partial charge is 0.234 e. The molecule has 1 aromatic carbocycles. The summed E-state index contributed by atoms with van der Waals surface area (Å²) in [5.74, 6) is -0.123. The molecule has 122 valence electrons. The summed E-state index contributed by atoms with van der Waals surface area (Å²) in [4.78, 5) is 11.8. The molecule has 1 amide bonds. The minimum Gasteiger partial charge on any atom is -0.348 e. The third-order valence-electron chi connectivity index (χ3n) is 4.48. The minimum atomic E-state index is -0.123. The molecule has 5 heteroatoms. The van der Waals surface area contributed by atoms with E-state index < -0.39 is 0 Å². The van der Waals surface area contributed by atoms with Gasteiger partial charge in [0.1, 0.15) is 0 Å². The first-order valence-corrected chi connectivity index (χ1v) is 8.03. The van der Waals surface area contributed by atoms with Crippen LogP contribution in [0.1, 0.15) is 43.1 Å². The molecule has 0 saturated carbocycles. The van der Waals surface area contributed by atoms with Gasteiger partial charge in [-0.15, -0.1) is 0 Å². The maximum atomic E-state index is 11.8. The highest BCUT2D eigenvalue weighted by molar-refractivity contribution is 5.78. The molecule has 2 aromatic rings. The molecule has 1 aliphatic carbocycles. The second kappa shape index (κ2) is 5.81. The lowest BCUT2D eigenvalue weighted by molar-refractivity contribution is -0.120. The van der Waals surface area contributed by atoms with Crippen molar-refractivity contribution in [2.24, 2.45) is 11.1 Å². The van der Waals surface area contributed by atoms with E-state index in [4.69, 9.17) is 5.73 Å². The number of carbonyl (C=O) groups excluding carboxylic acids is 1. The molecular formula is C18H24N4O. The van der Waals surface area contributed by atoms with E-state index in [2.05, 4.69) is 55.5 Å². The van der Waals surface area contributed by atoms with Crippen molar-refractivity contribution < 1.29 is 4.79 Å². The number of amides is 1. The van der Waals surface area contributed by atoms with Crippen LogP contribution in [-0.2, 0) is 11.2 Å². The fraction of sp³-hybridized carbons (Fsp3) is 0.444. The Labute approximate surface area is 136 Å². The lowest BCUT2D eigenvalue weighted by atomic mass is 9.74. The molecule has 1 aliphatic rings. The zero-order valence-corrected chi connectivity index (χ0v) is 14.0. The van der Waals surface area contributed by atoms with Crippen LogP contribution in [0.3, 0.4) is 0 Å². The van der Waals surface area contributed by atoms with E-state index in [0.717, 1.165) is 24.1 Å². The lowest BCUT2D eigenvalue weighted by Crippen LogP contribution is -2.39.